The molecule has 18 heavy (non-hydrogen) atoms. The maximum Gasteiger partial charge on any atom is 0.345 e. The van der Waals surface area contributed by atoms with Gasteiger partial charge in [0.05, 0.1) is 24.7 Å². The Hall–Kier alpha value is -1.13. The molecule has 0 bridgehead atoms. The van der Waals surface area contributed by atoms with Crippen LogP contribution in [-0.4, -0.2) is 25.2 Å². The standard InChI is InChI=1S/C13H13ClO4/c14-11-4-8(3-9-5-17-6-10(9)11)13(16)18-12(15)7-1-2-7/h3-4,7,9-10H,1-2,5-6H2. The zero-order valence-electron chi connectivity index (χ0n) is 9.73. The van der Waals surface area contributed by atoms with Crippen molar-refractivity contribution in [3.05, 3.63) is 22.8 Å². The second kappa shape index (κ2) is 4.52. The largest absolute Gasteiger partial charge is 0.389 e. The predicted octanol–water partition coefficient (Wildman–Crippen LogP) is 1.79. The molecule has 0 aromatic carbocycles. The lowest BCUT2D eigenvalue weighted by atomic mass is 9.88. The molecule has 1 aliphatic heterocycles. The molecular formula is C13H13ClO4. The quantitative estimate of drug-likeness (QED) is 0.566. The lowest BCUT2D eigenvalue weighted by Crippen LogP contribution is -2.20. The van der Waals surface area contributed by atoms with Gasteiger partial charge in [0.25, 0.3) is 0 Å². The molecule has 5 heteroatoms. The van der Waals surface area contributed by atoms with Crippen molar-refractivity contribution in [2.24, 2.45) is 17.8 Å². The van der Waals surface area contributed by atoms with E-state index in [1.807, 2.05) is 0 Å². The van der Waals surface area contributed by atoms with Crippen LogP contribution in [0.15, 0.2) is 22.8 Å². The van der Waals surface area contributed by atoms with Crippen LogP contribution in [0.3, 0.4) is 0 Å². The summed E-state index contributed by atoms with van der Waals surface area (Å²) in [6.07, 6.45) is 5.02. The topological polar surface area (TPSA) is 52.6 Å². The Bertz CT molecular complexity index is 462. The fourth-order valence-corrected chi connectivity index (χ4v) is 2.58. The molecule has 2 unspecified atom stereocenters. The van der Waals surface area contributed by atoms with Crippen molar-refractivity contribution in [2.75, 3.05) is 13.2 Å². The summed E-state index contributed by atoms with van der Waals surface area (Å²) in [6.45, 7) is 1.14. The molecule has 0 radical (unpaired) electrons. The van der Waals surface area contributed by atoms with Gasteiger partial charge < -0.3 is 9.47 Å². The average molecular weight is 269 g/mol. The summed E-state index contributed by atoms with van der Waals surface area (Å²) in [5, 5.41) is 0.603. The molecular weight excluding hydrogens is 256 g/mol. The third kappa shape index (κ3) is 2.22. The van der Waals surface area contributed by atoms with E-state index in [0.717, 1.165) is 12.8 Å². The fourth-order valence-electron chi connectivity index (χ4n) is 2.23. The zero-order valence-corrected chi connectivity index (χ0v) is 10.5. The lowest BCUT2D eigenvalue weighted by molar-refractivity contribution is -0.157. The minimum absolute atomic E-state index is 0.0832. The Morgan fingerprint density at radius 1 is 1.33 bits per heavy atom. The van der Waals surface area contributed by atoms with E-state index >= 15 is 0 Å². The van der Waals surface area contributed by atoms with Crippen molar-refractivity contribution >= 4 is 23.5 Å². The highest BCUT2D eigenvalue weighted by Crippen LogP contribution is 2.36. The van der Waals surface area contributed by atoms with Gasteiger partial charge in [-0.15, -0.1) is 0 Å². The summed E-state index contributed by atoms with van der Waals surface area (Å²) in [4.78, 5) is 23.2. The highest BCUT2D eigenvalue weighted by atomic mass is 35.5. The summed E-state index contributed by atoms with van der Waals surface area (Å²) in [5.74, 6) is -0.853. The van der Waals surface area contributed by atoms with Gasteiger partial charge >= 0.3 is 11.9 Å². The van der Waals surface area contributed by atoms with Crippen LogP contribution in [-0.2, 0) is 19.1 Å². The van der Waals surface area contributed by atoms with E-state index in [2.05, 4.69) is 0 Å². The fraction of sp³-hybridized carbons (Fsp3) is 0.538. The third-order valence-corrected chi connectivity index (χ3v) is 3.89. The number of carbonyl (C=O) groups is 2. The van der Waals surface area contributed by atoms with Crippen LogP contribution in [0.2, 0.25) is 0 Å². The summed E-state index contributed by atoms with van der Waals surface area (Å²) in [5.41, 5.74) is 0.362. The first-order valence-electron chi connectivity index (χ1n) is 6.08. The van der Waals surface area contributed by atoms with Crippen LogP contribution < -0.4 is 0 Å². The van der Waals surface area contributed by atoms with E-state index in [1.54, 1.807) is 12.2 Å². The highest BCUT2D eigenvalue weighted by Gasteiger charge is 2.36. The van der Waals surface area contributed by atoms with Crippen molar-refractivity contribution in [3.8, 4) is 0 Å². The normalized spacial score (nSPS) is 30.3. The number of hydrogen-bond acceptors (Lipinski definition) is 4. The zero-order chi connectivity index (χ0) is 12.7. The van der Waals surface area contributed by atoms with E-state index in [4.69, 9.17) is 21.1 Å². The molecule has 4 nitrogen and oxygen atoms in total. The van der Waals surface area contributed by atoms with E-state index in [9.17, 15) is 9.59 Å². The van der Waals surface area contributed by atoms with Gasteiger partial charge in [-0.25, -0.2) is 4.79 Å². The molecule has 3 rings (SSSR count). The predicted molar refractivity (Wildman–Crippen MR) is 63.6 cm³/mol. The summed E-state index contributed by atoms with van der Waals surface area (Å²) in [7, 11) is 0. The van der Waals surface area contributed by atoms with Crippen LogP contribution in [0.25, 0.3) is 0 Å². The Labute approximate surface area is 110 Å². The minimum Gasteiger partial charge on any atom is -0.389 e. The average Bonchev–Trinajstić information content (AvgIpc) is 3.08. The van der Waals surface area contributed by atoms with Gasteiger partial charge in [-0.3, -0.25) is 4.79 Å². The summed E-state index contributed by atoms with van der Waals surface area (Å²) >= 11 is 6.12. The second-order valence-corrected chi connectivity index (χ2v) is 5.38. The van der Waals surface area contributed by atoms with Gasteiger partial charge in [-0.05, 0) is 18.9 Å². The van der Waals surface area contributed by atoms with Crippen LogP contribution in [0.4, 0.5) is 0 Å². The van der Waals surface area contributed by atoms with Crippen LogP contribution >= 0.6 is 11.6 Å². The van der Waals surface area contributed by atoms with E-state index < -0.39 is 11.9 Å². The molecule has 2 atom stereocenters. The molecule has 0 amide bonds. The smallest absolute Gasteiger partial charge is 0.345 e. The molecule has 2 aliphatic carbocycles. The molecule has 0 aromatic heterocycles. The van der Waals surface area contributed by atoms with E-state index in [0.29, 0.717) is 23.8 Å². The number of ether oxygens (including phenoxy) is 2. The monoisotopic (exact) mass is 268 g/mol. The van der Waals surface area contributed by atoms with Gasteiger partial charge in [0.2, 0.25) is 0 Å². The molecule has 96 valence electrons. The summed E-state index contributed by atoms with van der Waals surface area (Å²) in [6, 6.07) is 0. The number of halogens is 1. The number of rotatable bonds is 2. The van der Waals surface area contributed by atoms with E-state index in [-0.39, 0.29) is 17.8 Å². The minimum atomic E-state index is -0.601. The number of fused-ring (bicyclic) bond motifs is 1. The van der Waals surface area contributed by atoms with Gasteiger partial charge in [-0.2, -0.15) is 0 Å². The van der Waals surface area contributed by atoms with Crippen LogP contribution in [0.1, 0.15) is 12.8 Å². The Morgan fingerprint density at radius 2 is 2.11 bits per heavy atom. The Morgan fingerprint density at radius 3 is 2.83 bits per heavy atom. The number of esters is 2. The van der Waals surface area contributed by atoms with Crippen molar-refractivity contribution < 1.29 is 19.1 Å². The van der Waals surface area contributed by atoms with Crippen molar-refractivity contribution in [2.45, 2.75) is 12.8 Å². The molecule has 1 saturated heterocycles. The van der Waals surface area contributed by atoms with Gasteiger partial charge in [0.15, 0.2) is 0 Å². The lowest BCUT2D eigenvalue weighted by Gasteiger charge is -2.19. The SMILES string of the molecule is O=C(OC(=O)C1CC1)C1=CC2COCC2C(Cl)=C1. The first-order valence-corrected chi connectivity index (χ1v) is 6.45. The Kier molecular flexibility index (Phi) is 2.99. The van der Waals surface area contributed by atoms with Crippen molar-refractivity contribution in [1.29, 1.82) is 0 Å². The molecule has 1 saturated carbocycles. The van der Waals surface area contributed by atoms with E-state index in [1.165, 1.54) is 0 Å². The van der Waals surface area contributed by atoms with Crippen molar-refractivity contribution in [3.63, 3.8) is 0 Å². The Balaban J connectivity index is 1.71. The number of hydrogen-bond donors (Lipinski definition) is 0. The molecule has 0 N–H and O–H groups in total. The third-order valence-electron chi connectivity index (χ3n) is 3.51. The van der Waals surface area contributed by atoms with Crippen molar-refractivity contribution in [1.82, 2.24) is 0 Å². The molecule has 3 aliphatic rings. The van der Waals surface area contributed by atoms with Gasteiger partial charge in [-0.1, -0.05) is 17.7 Å². The maximum atomic E-state index is 11.8. The van der Waals surface area contributed by atoms with Crippen LogP contribution in [0, 0.1) is 17.8 Å². The molecule has 2 fully saturated rings. The molecule has 0 spiro atoms. The van der Waals surface area contributed by atoms with Gasteiger partial charge in [0, 0.05) is 16.9 Å². The molecule has 0 aromatic rings. The van der Waals surface area contributed by atoms with Crippen LogP contribution in [0.5, 0.6) is 0 Å². The molecule has 1 heterocycles. The second-order valence-electron chi connectivity index (χ2n) is 4.94. The van der Waals surface area contributed by atoms with Gasteiger partial charge in [0.1, 0.15) is 0 Å². The summed E-state index contributed by atoms with van der Waals surface area (Å²) < 4.78 is 10.2. The maximum absolute atomic E-state index is 11.8. The first-order chi connectivity index (χ1) is 8.65. The number of carbonyl (C=O) groups excluding carboxylic acids is 2. The highest BCUT2D eigenvalue weighted by molar-refractivity contribution is 6.30. The first kappa shape index (κ1) is 11.9.